The van der Waals surface area contributed by atoms with Crippen molar-refractivity contribution < 1.29 is 14.6 Å². The fourth-order valence-electron chi connectivity index (χ4n) is 3.22. The standard InChI is InChI=1S/C22H23Cl2N3O3/c23-18-8-5-15(11-19(18)24)13-30-21-4-2-1-3-16(21)6-7-17(9-10-28)27-12-20(22(25)29)26-14-27/h1-5,8,11-12,14,17,28H,6-7,9-10,13H2,(H2,25,29)/t17-/m1/s1. The summed E-state index contributed by atoms with van der Waals surface area (Å²) in [6.45, 7) is 0.404. The quantitative estimate of drug-likeness (QED) is 0.480. The van der Waals surface area contributed by atoms with Crippen molar-refractivity contribution in [2.45, 2.75) is 31.9 Å². The molecule has 158 valence electrons. The normalized spacial score (nSPS) is 12.0. The number of aryl methyl sites for hydroxylation is 1. The molecule has 8 heteroatoms. The molecule has 1 heterocycles. The molecule has 6 nitrogen and oxygen atoms in total. The molecule has 3 aromatic rings. The Morgan fingerprint density at radius 2 is 1.97 bits per heavy atom. The van der Waals surface area contributed by atoms with Crippen molar-refractivity contribution in [1.82, 2.24) is 9.55 Å². The highest BCUT2D eigenvalue weighted by atomic mass is 35.5. The molecule has 0 saturated carbocycles. The van der Waals surface area contributed by atoms with Gasteiger partial charge in [-0.2, -0.15) is 0 Å². The number of aliphatic hydroxyl groups is 1. The first-order valence-corrected chi connectivity index (χ1v) is 10.3. The van der Waals surface area contributed by atoms with E-state index >= 15 is 0 Å². The average molecular weight is 448 g/mol. The van der Waals surface area contributed by atoms with Crippen molar-refractivity contribution in [3.63, 3.8) is 0 Å². The van der Waals surface area contributed by atoms with Crippen LogP contribution in [0, 0.1) is 0 Å². The summed E-state index contributed by atoms with van der Waals surface area (Å²) >= 11 is 12.0. The summed E-state index contributed by atoms with van der Waals surface area (Å²) in [6, 6.07) is 13.2. The van der Waals surface area contributed by atoms with E-state index in [0.717, 1.165) is 29.7 Å². The number of halogens is 2. The molecule has 0 unspecified atom stereocenters. The maximum Gasteiger partial charge on any atom is 0.268 e. The molecule has 0 aliphatic rings. The topological polar surface area (TPSA) is 90.4 Å². The maximum atomic E-state index is 11.3. The smallest absolute Gasteiger partial charge is 0.268 e. The molecule has 0 aliphatic heterocycles. The van der Waals surface area contributed by atoms with Crippen LogP contribution in [0.4, 0.5) is 0 Å². The van der Waals surface area contributed by atoms with E-state index in [1.807, 2.05) is 34.9 Å². The molecular weight excluding hydrogens is 425 g/mol. The van der Waals surface area contributed by atoms with Gasteiger partial charge in [0.1, 0.15) is 18.1 Å². The summed E-state index contributed by atoms with van der Waals surface area (Å²) in [7, 11) is 0. The number of carbonyl (C=O) groups is 1. The average Bonchev–Trinajstić information content (AvgIpc) is 3.23. The lowest BCUT2D eigenvalue weighted by Crippen LogP contribution is -2.13. The Kier molecular flexibility index (Phi) is 7.74. The first kappa shape index (κ1) is 22.2. The number of nitrogens with two attached hydrogens (primary N) is 1. The number of primary amides is 1. The molecule has 1 atom stereocenters. The molecule has 0 fully saturated rings. The van der Waals surface area contributed by atoms with Gasteiger partial charge in [0.05, 0.1) is 16.4 Å². The van der Waals surface area contributed by atoms with Crippen molar-refractivity contribution >= 4 is 29.1 Å². The van der Waals surface area contributed by atoms with E-state index in [1.165, 1.54) is 0 Å². The highest BCUT2D eigenvalue weighted by Gasteiger charge is 2.15. The van der Waals surface area contributed by atoms with Crippen LogP contribution in [0.25, 0.3) is 0 Å². The number of amides is 1. The van der Waals surface area contributed by atoms with E-state index < -0.39 is 5.91 Å². The van der Waals surface area contributed by atoms with Gasteiger partial charge in [0.25, 0.3) is 5.91 Å². The van der Waals surface area contributed by atoms with Crippen LogP contribution in [-0.2, 0) is 13.0 Å². The Balaban J connectivity index is 1.67. The number of ether oxygens (including phenoxy) is 1. The molecule has 3 N–H and O–H groups in total. The fourth-order valence-corrected chi connectivity index (χ4v) is 3.54. The van der Waals surface area contributed by atoms with E-state index in [1.54, 1.807) is 24.7 Å². The second-order valence-electron chi connectivity index (χ2n) is 6.92. The Hall–Kier alpha value is -2.54. The zero-order valence-corrected chi connectivity index (χ0v) is 17.8. The third kappa shape index (κ3) is 5.75. The highest BCUT2D eigenvalue weighted by molar-refractivity contribution is 6.42. The van der Waals surface area contributed by atoms with Gasteiger partial charge in [0.15, 0.2) is 0 Å². The van der Waals surface area contributed by atoms with Crippen molar-refractivity contribution in [2.75, 3.05) is 6.61 Å². The monoisotopic (exact) mass is 447 g/mol. The Bertz CT molecular complexity index is 1010. The minimum atomic E-state index is -0.572. The van der Waals surface area contributed by atoms with E-state index in [2.05, 4.69) is 4.98 Å². The SMILES string of the molecule is NC(=O)c1cn([C@@H](CCO)CCc2ccccc2OCc2ccc(Cl)c(Cl)c2)cn1. The number of imidazole rings is 1. The van der Waals surface area contributed by atoms with Gasteiger partial charge in [-0.15, -0.1) is 0 Å². The lowest BCUT2D eigenvalue weighted by molar-refractivity contribution is 0.0996. The van der Waals surface area contributed by atoms with Gasteiger partial charge in [-0.25, -0.2) is 4.98 Å². The summed E-state index contributed by atoms with van der Waals surface area (Å²) in [4.78, 5) is 15.3. The fraction of sp³-hybridized carbons (Fsp3) is 0.273. The number of para-hydroxylation sites is 1. The number of rotatable bonds is 10. The third-order valence-electron chi connectivity index (χ3n) is 4.84. The Morgan fingerprint density at radius 3 is 2.67 bits per heavy atom. The number of aliphatic hydroxyl groups excluding tert-OH is 1. The van der Waals surface area contributed by atoms with E-state index in [9.17, 15) is 9.90 Å². The van der Waals surface area contributed by atoms with Gasteiger partial charge in [-0.3, -0.25) is 4.79 Å². The van der Waals surface area contributed by atoms with Crippen LogP contribution in [0.1, 0.15) is 40.5 Å². The molecule has 0 aliphatic carbocycles. The van der Waals surface area contributed by atoms with Crippen molar-refractivity contribution in [3.05, 3.63) is 81.9 Å². The molecule has 3 rings (SSSR count). The molecule has 0 saturated heterocycles. The second kappa shape index (κ2) is 10.5. The number of carbonyl (C=O) groups excluding carboxylic acids is 1. The van der Waals surface area contributed by atoms with E-state index in [0.29, 0.717) is 23.1 Å². The lowest BCUT2D eigenvalue weighted by Gasteiger charge is -2.18. The third-order valence-corrected chi connectivity index (χ3v) is 5.57. The summed E-state index contributed by atoms with van der Waals surface area (Å²) in [6.07, 6.45) is 5.21. The summed E-state index contributed by atoms with van der Waals surface area (Å²) < 4.78 is 7.85. The summed E-state index contributed by atoms with van der Waals surface area (Å²) in [5.41, 5.74) is 7.48. The molecule has 0 bridgehead atoms. The van der Waals surface area contributed by atoms with Crippen molar-refractivity contribution in [1.29, 1.82) is 0 Å². The van der Waals surface area contributed by atoms with Crippen LogP contribution < -0.4 is 10.5 Å². The number of aromatic nitrogens is 2. The van der Waals surface area contributed by atoms with Crippen molar-refractivity contribution in [2.24, 2.45) is 5.73 Å². The number of hydrogen-bond acceptors (Lipinski definition) is 4. The summed E-state index contributed by atoms with van der Waals surface area (Å²) in [5.74, 6) is 0.215. The van der Waals surface area contributed by atoms with Crippen LogP contribution >= 0.6 is 23.2 Å². The zero-order valence-electron chi connectivity index (χ0n) is 16.3. The molecule has 0 radical (unpaired) electrons. The predicted octanol–water partition coefficient (Wildman–Crippen LogP) is 4.42. The first-order valence-electron chi connectivity index (χ1n) is 9.56. The van der Waals surface area contributed by atoms with E-state index in [-0.39, 0.29) is 18.3 Å². The van der Waals surface area contributed by atoms with Gasteiger partial charge in [0, 0.05) is 18.8 Å². The minimum Gasteiger partial charge on any atom is -0.489 e. The maximum absolute atomic E-state index is 11.3. The lowest BCUT2D eigenvalue weighted by atomic mass is 10.0. The van der Waals surface area contributed by atoms with E-state index in [4.69, 9.17) is 33.7 Å². The van der Waals surface area contributed by atoms with Gasteiger partial charge in [0.2, 0.25) is 0 Å². The Labute approximate surface area is 185 Å². The largest absolute Gasteiger partial charge is 0.489 e. The van der Waals surface area contributed by atoms with Crippen LogP contribution in [-0.4, -0.2) is 27.2 Å². The van der Waals surface area contributed by atoms with Gasteiger partial charge >= 0.3 is 0 Å². The zero-order chi connectivity index (χ0) is 21.5. The number of hydrogen-bond donors (Lipinski definition) is 2. The molecule has 2 aromatic carbocycles. The minimum absolute atomic E-state index is 0.0151. The number of nitrogens with zero attached hydrogens (tertiary/aromatic N) is 2. The molecule has 1 aromatic heterocycles. The molecular formula is C22H23Cl2N3O3. The van der Waals surface area contributed by atoms with Gasteiger partial charge in [-0.1, -0.05) is 47.5 Å². The second-order valence-corrected chi connectivity index (χ2v) is 7.73. The number of benzene rings is 2. The summed E-state index contributed by atoms with van der Waals surface area (Å²) in [5, 5.41) is 10.5. The van der Waals surface area contributed by atoms with Gasteiger partial charge < -0.3 is 20.1 Å². The molecule has 30 heavy (non-hydrogen) atoms. The van der Waals surface area contributed by atoms with Crippen LogP contribution in [0.3, 0.4) is 0 Å². The van der Waals surface area contributed by atoms with Crippen LogP contribution in [0.5, 0.6) is 5.75 Å². The Morgan fingerprint density at radius 1 is 1.17 bits per heavy atom. The molecule has 0 spiro atoms. The van der Waals surface area contributed by atoms with Crippen LogP contribution in [0.15, 0.2) is 55.0 Å². The first-order chi connectivity index (χ1) is 14.5. The van der Waals surface area contributed by atoms with Crippen molar-refractivity contribution in [3.8, 4) is 5.75 Å². The van der Waals surface area contributed by atoms with Gasteiger partial charge in [-0.05, 0) is 48.6 Å². The van der Waals surface area contributed by atoms with Crippen LogP contribution in [0.2, 0.25) is 10.0 Å². The molecule has 1 amide bonds. The highest BCUT2D eigenvalue weighted by Crippen LogP contribution is 2.27. The predicted molar refractivity (Wildman–Crippen MR) is 117 cm³/mol.